The SMILES string of the molecule is O=C(CC1CCC2(CC1)OCCO2)N1C(=O)OC[C@@H]1Cc1ccccc1.[N-]=[N+]=N[C@H](C(=O)N1C(=O)OC[C@@H]1Cc1ccccc1)C1CCC2(CC1)OCCO2. The summed E-state index contributed by atoms with van der Waals surface area (Å²) in [5.74, 6) is -1.48. The van der Waals surface area contributed by atoms with E-state index in [0.29, 0.717) is 71.4 Å². The van der Waals surface area contributed by atoms with Gasteiger partial charge in [0.05, 0.1) is 38.5 Å². The lowest BCUT2D eigenvalue weighted by Crippen LogP contribution is -2.48. The highest BCUT2D eigenvalue weighted by Gasteiger charge is 2.47. The average molecular weight is 760 g/mol. The second-order valence-electron chi connectivity index (χ2n) is 15.2. The van der Waals surface area contributed by atoms with Crippen molar-refractivity contribution >= 4 is 24.0 Å². The number of hydrogen-bond donors (Lipinski definition) is 0. The minimum absolute atomic E-state index is 0.123. The fourth-order valence-electron chi connectivity index (χ4n) is 8.75. The van der Waals surface area contributed by atoms with Gasteiger partial charge in [-0.05, 0) is 67.0 Å². The smallest absolute Gasteiger partial charge is 0.416 e. The van der Waals surface area contributed by atoms with Crippen LogP contribution in [0.3, 0.4) is 0 Å². The second kappa shape index (κ2) is 17.5. The molecule has 294 valence electrons. The third-order valence-corrected chi connectivity index (χ3v) is 11.7. The monoisotopic (exact) mass is 759 g/mol. The molecule has 2 aromatic carbocycles. The van der Waals surface area contributed by atoms with Crippen molar-refractivity contribution in [2.45, 2.75) is 100 Å². The van der Waals surface area contributed by atoms with Gasteiger partial charge in [-0.15, -0.1) is 0 Å². The number of ether oxygens (including phenoxy) is 6. The number of carbonyl (C=O) groups excluding carboxylic acids is 4. The van der Waals surface area contributed by atoms with Crippen molar-refractivity contribution in [1.29, 1.82) is 0 Å². The van der Waals surface area contributed by atoms with Crippen molar-refractivity contribution in [2.24, 2.45) is 17.0 Å². The maximum Gasteiger partial charge on any atom is 0.416 e. The van der Waals surface area contributed by atoms with E-state index in [9.17, 15) is 19.2 Å². The molecule has 4 heterocycles. The van der Waals surface area contributed by atoms with Gasteiger partial charge < -0.3 is 28.4 Å². The van der Waals surface area contributed by atoms with Crippen LogP contribution in [0, 0.1) is 11.8 Å². The molecule has 4 amide bonds. The molecule has 2 saturated carbocycles. The van der Waals surface area contributed by atoms with E-state index >= 15 is 0 Å². The first kappa shape index (κ1) is 38.7. The average Bonchev–Trinajstić information content (AvgIpc) is 4.02. The standard InChI is InChI=1S/C20H24N4O5.C20H25NO5/c21-23-22-17(15-6-8-20(9-7-15)28-10-11-29-20)18(25)24-16(13-27-19(24)26)12-14-4-2-1-3-5-14;22-18(13-16-6-8-20(9-7-16)25-10-11-26-20)21-17(14-24-19(21)23)12-15-4-2-1-3-5-15/h1-5,15-17H,6-13H2;1-5,16-17H,6-14H2/t16-,17-;17-/m00/s1. The minimum Gasteiger partial charge on any atom is -0.447 e. The van der Waals surface area contributed by atoms with Crippen molar-refractivity contribution in [3.63, 3.8) is 0 Å². The summed E-state index contributed by atoms with van der Waals surface area (Å²) in [6.07, 6.45) is 6.28. The zero-order valence-corrected chi connectivity index (χ0v) is 31.0. The third kappa shape index (κ3) is 9.13. The van der Waals surface area contributed by atoms with Gasteiger partial charge in [0, 0.05) is 37.0 Å². The van der Waals surface area contributed by atoms with E-state index in [2.05, 4.69) is 10.0 Å². The number of cyclic esters (lactones) is 2. The van der Waals surface area contributed by atoms with E-state index in [1.54, 1.807) is 0 Å². The molecule has 55 heavy (non-hydrogen) atoms. The van der Waals surface area contributed by atoms with Crippen LogP contribution >= 0.6 is 0 Å². The lowest BCUT2D eigenvalue weighted by molar-refractivity contribution is -0.184. The number of amides is 4. The van der Waals surface area contributed by atoms with Crippen LogP contribution in [0.25, 0.3) is 10.4 Å². The van der Waals surface area contributed by atoms with Crippen molar-refractivity contribution in [2.75, 3.05) is 39.6 Å². The summed E-state index contributed by atoms with van der Waals surface area (Å²) in [4.78, 5) is 55.8. The number of imide groups is 2. The van der Waals surface area contributed by atoms with Crippen LogP contribution in [0.15, 0.2) is 65.8 Å². The first-order valence-electron chi connectivity index (χ1n) is 19.4. The minimum atomic E-state index is -0.942. The molecule has 0 bridgehead atoms. The fraction of sp³-hybridized carbons (Fsp3) is 0.600. The maximum absolute atomic E-state index is 13.3. The molecule has 6 aliphatic rings. The summed E-state index contributed by atoms with van der Waals surface area (Å²) in [6, 6.07) is 17.9. The van der Waals surface area contributed by atoms with Gasteiger partial charge in [0.15, 0.2) is 11.6 Å². The molecule has 0 unspecified atom stereocenters. The molecule has 2 aromatic rings. The topological polar surface area (TPSA) is 179 Å². The van der Waals surface area contributed by atoms with Crippen LogP contribution in [-0.4, -0.2) is 103 Å². The quantitative estimate of drug-likeness (QED) is 0.165. The van der Waals surface area contributed by atoms with Crippen LogP contribution in [0.2, 0.25) is 0 Å². The molecule has 4 aliphatic heterocycles. The van der Waals surface area contributed by atoms with E-state index < -0.39 is 41.8 Å². The summed E-state index contributed by atoms with van der Waals surface area (Å²) >= 11 is 0. The molecule has 15 nitrogen and oxygen atoms in total. The molecule has 0 aromatic heterocycles. The molecule has 4 saturated heterocycles. The van der Waals surface area contributed by atoms with Crippen LogP contribution in [0.1, 0.15) is 68.9 Å². The lowest BCUT2D eigenvalue weighted by Gasteiger charge is -2.37. The van der Waals surface area contributed by atoms with Gasteiger partial charge in [0.25, 0.3) is 0 Å². The molecule has 6 fully saturated rings. The number of azide groups is 1. The molecular formula is C40H49N5O10. The first-order valence-corrected chi connectivity index (χ1v) is 19.4. The number of nitrogens with zero attached hydrogens (tertiary/aromatic N) is 5. The van der Waals surface area contributed by atoms with Gasteiger partial charge in [-0.3, -0.25) is 9.59 Å². The van der Waals surface area contributed by atoms with Crippen molar-refractivity contribution in [3.05, 3.63) is 82.2 Å². The van der Waals surface area contributed by atoms with Gasteiger partial charge in [0.1, 0.15) is 19.3 Å². The Kier molecular flexibility index (Phi) is 12.3. The van der Waals surface area contributed by atoms with Gasteiger partial charge in [-0.25, -0.2) is 19.4 Å². The Morgan fingerprint density at radius 1 is 0.709 bits per heavy atom. The molecular weight excluding hydrogens is 710 g/mol. The molecule has 2 aliphatic carbocycles. The van der Waals surface area contributed by atoms with E-state index in [4.69, 9.17) is 34.0 Å². The van der Waals surface area contributed by atoms with Crippen molar-refractivity contribution in [1.82, 2.24) is 9.80 Å². The Bertz CT molecular complexity index is 1690. The molecule has 3 atom stereocenters. The normalized spacial score (nSPS) is 26.2. The zero-order valence-electron chi connectivity index (χ0n) is 31.0. The largest absolute Gasteiger partial charge is 0.447 e. The Morgan fingerprint density at radius 3 is 1.65 bits per heavy atom. The Labute approximate surface area is 320 Å². The molecule has 2 spiro atoms. The maximum atomic E-state index is 13.3. The highest BCUT2D eigenvalue weighted by atomic mass is 16.7. The highest BCUT2D eigenvalue weighted by molar-refractivity contribution is 5.97. The van der Waals surface area contributed by atoms with Crippen molar-refractivity contribution in [3.8, 4) is 0 Å². The summed E-state index contributed by atoms with van der Waals surface area (Å²) in [5, 5.41) is 3.78. The summed E-state index contributed by atoms with van der Waals surface area (Å²) in [6.45, 7) is 2.87. The van der Waals surface area contributed by atoms with Crippen LogP contribution in [-0.2, 0) is 50.9 Å². The summed E-state index contributed by atoms with van der Waals surface area (Å²) in [5.41, 5.74) is 11.2. The summed E-state index contributed by atoms with van der Waals surface area (Å²) < 4.78 is 33.3. The fourth-order valence-corrected chi connectivity index (χ4v) is 8.75. The molecule has 8 rings (SSSR count). The van der Waals surface area contributed by atoms with E-state index in [0.717, 1.165) is 41.7 Å². The number of rotatable bonds is 9. The first-order chi connectivity index (χ1) is 26.8. The van der Waals surface area contributed by atoms with Crippen LogP contribution < -0.4 is 0 Å². The number of hydrogen-bond acceptors (Lipinski definition) is 11. The predicted molar refractivity (Wildman–Crippen MR) is 195 cm³/mol. The zero-order chi connectivity index (χ0) is 38.3. The Balaban J connectivity index is 0.000000170. The number of carbonyl (C=O) groups is 4. The molecule has 15 heteroatoms. The second-order valence-corrected chi connectivity index (χ2v) is 15.2. The van der Waals surface area contributed by atoms with E-state index in [1.807, 2.05) is 60.7 Å². The Morgan fingerprint density at radius 2 is 1.16 bits per heavy atom. The lowest BCUT2D eigenvalue weighted by atomic mass is 9.80. The van der Waals surface area contributed by atoms with Crippen LogP contribution in [0.4, 0.5) is 9.59 Å². The third-order valence-electron chi connectivity index (χ3n) is 11.7. The predicted octanol–water partition coefficient (Wildman–Crippen LogP) is 6.09. The van der Waals surface area contributed by atoms with Crippen molar-refractivity contribution < 1.29 is 47.6 Å². The van der Waals surface area contributed by atoms with Gasteiger partial charge in [-0.2, -0.15) is 0 Å². The van der Waals surface area contributed by atoms with E-state index in [-0.39, 0.29) is 37.0 Å². The number of benzene rings is 2. The summed E-state index contributed by atoms with van der Waals surface area (Å²) in [7, 11) is 0. The molecule has 0 radical (unpaired) electrons. The highest BCUT2D eigenvalue weighted by Crippen LogP contribution is 2.41. The van der Waals surface area contributed by atoms with Gasteiger partial charge in [-0.1, -0.05) is 65.8 Å². The molecule has 0 N–H and O–H groups in total. The van der Waals surface area contributed by atoms with Gasteiger partial charge >= 0.3 is 12.2 Å². The van der Waals surface area contributed by atoms with Crippen LogP contribution in [0.5, 0.6) is 0 Å². The Hall–Kier alpha value is -4.53. The van der Waals surface area contributed by atoms with E-state index in [1.165, 1.54) is 4.90 Å². The van der Waals surface area contributed by atoms with Gasteiger partial charge in [0.2, 0.25) is 11.8 Å².